The highest BCUT2D eigenvalue weighted by Gasteiger charge is 2.08. The number of benzene rings is 1. The third kappa shape index (κ3) is 2.09. The van der Waals surface area contributed by atoms with Crippen molar-refractivity contribution in [2.75, 3.05) is 6.54 Å². The fourth-order valence-corrected chi connectivity index (χ4v) is 1.54. The lowest BCUT2D eigenvalue weighted by atomic mass is 10.1. The van der Waals surface area contributed by atoms with Gasteiger partial charge in [-0.2, -0.15) is 5.10 Å². The quantitative estimate of drug-likeness (QED) is 0.784. The Kier molecular flexibility index (Phi) is 2.97. The van der Waals surface area contributed by atoms with Gasteiger partial charge in [0.2, 0.25) is 6.54 Å². The van der Waals surface area contributed by atoms with Gasteiger partial charge < -0.3 is 4.85 Å². The number of halogens is 1. The molecular formula is C12H10FN3. The Morgan fingerprint density at radius 2 is 2.06 bits per heavy atom. The maximum Gasteiger partial charge on any atom is 0.218 e. The molecule has 0 bridgehead atoms. The fourth-order valence-electron chi connectivity index (χ4n) is 1.54. The SMILES string of the molecule is [C-]#[N+]CCc1cn[nH]c1-c1ccc(F)cc1. The fraction of sp³-hybridized carbons (Fsp3) is 0.167. The van der Waals surface area contributed by atoms with Crippen LogP contribution in [0.2, 0.25) is 0 Å². The first-order chi connectivity index (χ1) is 7.81. The Bertz CT molecular complexity index is 508. The minimum absolute atomic E-state index is 0.258. The van der Waals surface area contributed by atoms with Crippen molar-refractivity contribution in [3.05, 3.63) is 53.3 Å². The lowest BCUT2D eigenvalue weighted by molar-refractivity contribution is 0.628. The van der Waals surface area contributed by atoms with E-state index in [1.165, 1.54) is 12.1 Å². The molecule has 0 aliphatic carbocycles. The second-order valence-corrected chi connectivity index (χ2v) is 3.41. The second-order valence-electron chi connectivity index (χ2n) is 3.41. The van der Waals surface area contributed by atoms with Gasteiger partial charge in [0, 0.05) is 17.5 Å². The predicted octanol–water partition coefficient (Wildman–Crippen LogP) is 2.68. The van der Waals surface area contributed by atoms with Crippen LogP contribution >= 0.6 is 0 Å². The molecule has 0 spiro atoms. The number of aromatic nitrogens is 2. The molecule has 3 nitrogen and oxygen atoms in total. The summed E-state index contributed by atoms with van der Waals surface area (Å²) < 4.78 is 12.8. The van der Waals surface area contributed by atoms with Gasteiger partial charge >= 0.3 is 0 Å². The molecule has 0 fully saturated rings. The lowest BCUT2D eigenvalue weighted by Crippen LogP contribution is -1.89. The van der Waals surface area contributed by atoms with E-state index in [4.69, 9.17) is 6.57 Å². The molecule has 0 aliphatic rings. The molecule has 0 saturated carbocycles. The van der Waals surface area contributed by atoms with Crippen molar-refractivity contribution in [2.24, 2.45) is 0 Å². The Hall–Kier alpha value is -2.15. The first-order valence-electron chi connectivity index (χ1n) is 4.92. The van der Waals surface area contributed by atoms with Crippen LogP contribution in [0.25, 0.3) is 16.1 Å². The van der Waals surface area contributed by atoms with Crippen molar-refractivity contribution in [2.45, 2.75) is 6.42 Å². The summed E-state index contributed by atoms with van der Waals surface area (Å²) >= 11 is 0. The van der Waals surface area contributed by atoms with Crippen molar-refractivity contribution in [1.82, 2.24) is 10.2 Å². The molecule has 16 heavy (non-hydrogen) atoms. The third-order valence-corrected chi connectivity index (χ3v) is 2.34. The van der Waals surface area contributed by atoms with Crippen LogP contribution in [0.5, 0.6) is 0 Å². The van der Waals surface area contributed by atoms with Crippen molar-refractivity contribution < 1.29 is 4.39 Å². The van der Waals surface area contributed by atoms with Gasteiger partial charge in [-0.3, -0.25) is 5.10 Å². The number of nitrogens with one attached hydrogen (secondary N) is 1. The highest BCUT2D eigenvalue weighted by atomic mass is 19.1. The van der Waals surface area contributed by atoms with Gasteiger partial charge in [-0.1, -0.05) is 0 Å². The van der Waals surface area contributed by atoms with E-state index in [-0.39, 0.29) is 5.82 Å². The lowest BCUT2D eigenvalue weighted by Gasteiger charge is -2.00. The number of hydrogen-bond acceptors (Lipinski definition) is 1. The van der Waals surface area contributed by atoms with Crippen molar-refractivity contribution in [1.29, 1.82) is 0 Å². The van der Waals surface area contributed by atoms with Gasteiger partial charge in [-0.05, 0) is 24.3 Å². The van der Waals surface area contributed by atoms with E-state index in [0.717, 1.165) is 16.8 Å². The van der Waals surface area contributed by atoms with Gasteiger partial charge in [0.15, 0.2) is 0 Å². The topological polar surface area (TPSA) is 33.0 Å². The smallest absolute Gasteiger partial charge is 0.218 e. The minimum Gasteiger partial charge on any atom is -0.317 e. The predicted molar refractivity (Wildman–Crippen MR) is 59.2 cm³/mol. The maximum absolute atomic E-state index is 12.8. The Morgan fingerprint density at radius 1 is 1.31 bits per heavy atom. The molecule has 4 heteroatoms. The van der Waals surface area contributed by atoms with E-state index in [0.29, 0.717) is 13.0 Å². The van der Waals surface area contributed by atoms with Crippen LogP contribution < -0.4 is 0 Å². The van der Waals surface area contributed by atoms with E-state index in [2.05, 4.69) is 15.0 Å². The minimum atomic E-state index is -0.258. The summed E-state index contributed by atoms with van der Waals surface area (Å²) in [6, 6.07) is 6.22. The molecule has 0 unspecified atom stereocenters. The first-order valence-corrected chi connectivity index (χ1v) is 4.92. The molecule has 0 radical (unpaired) electrons. The van der Waals surface area contributed by atoms with Crippen molar-refractivity contribution in [3.63, 3.8) is 0 Å². The zero-order valence-electron chi connectivity index (χ0n) is 8.57. The van der Waals surface area contributed by atoms with Crippen LogP contribution in [0.4, 0.5) is 4.39 Å². The summed E-state index contributed by atoms with van der Waals surface area (Å²) in [5.41, 5.74) is 2.74. The van der Waals surface area contributed by atoms with Gasteiger partial charge in [0.1, 0.15) is 5.82 Å². The standard InChI is InChI=1S/C12H10FN3/c1-14-7-6-10-8-15-16-12(10)9-2-4-11(13)5-3-9/h2-5,8H,6-7H2,(H,15,16). The normalized spacial score (nSPS) is 10.0. The van der Waals surface area contributed by atoms with Gasteiger partial charge in [-0.15, -0.1) is 0 Å². The molecule has 1 aromatic heterocycles. The van der Waals surface area contributed by atoms with Gasteiger partial charge in [-0.25, -0.2) is 11.0 Å². The first kappa shape index (κ1) is 10.4. The molecular weight excluding hydrogens is 205 g/mol. The molecule has 1 heterocycles. The van der Waals surface area contributed by atoms with E-state index in [1.54, 1.807) is 18.3 Å². The summed E-state index contributed by atoms with van der Waals surface area (Å²) in [4.78, 5) is 3.31. The van der Waals surface area contributed by atoms with Crippen LogP contribution in [0.1, 0.15) is 5.56 Å². The van der Waals surface area contributed by atoms with Crippen LogP contribution in [0, 0.1) is 12.4 Å². The van der Waals surface area contributed by atoms with Crippen LogP contribution in [0.15, 0.2) is 30.5 Å². The molecule has 0 atom stereocenters. The average Bonchev–Trinajstić information content (AvgIpc) is 2.75. The van der Waals surface area contributed by atoms with E-state index >= 15 is 0 Å². The van der Waals surface area contributed by atoms with E-state index in [9.17, 15) is 4.39 Å². The second kappa shape index (κ2) is 4.58. The van der Waals surface area contributed by atoms with E-state index < -0.39 is 0 Å². The summed E-state index contributed by atoms with van der Waals surface area (Å²) in [5, 5.41) is 6.83. The zero-order chi connectivity index (χ0) is 11.4. The molecule has 0 amide bonds. The summed E-state index contributed by atoms with van der Waals surface area (Å²) in [6.07, 6.45) is 2.37. The van der Waals surface area contributed by atoms with Crippen LogP contribution in [-0.2, 0) is 6.42 Å². The van der Waals surface area contributed by atoms with Crippen LogP contribution in [0.3, 0.4) is 0 Å². The molecule has 1 N–H and O–H groups in total. The summed E-state index contributed by atoms with van der Waals surface area (Å²) in [7, 11) is 0. The summed E-state index contributed by atoms with van der Waals surface area (Å²) in [5.74, 6) is -0.258. The molecule has 80 valence electrons. The molecule has 0 aliphatic heterocycles. The number of H-pyrrole nitrogens is 1. The maximum atomic E-state index is 12.8. The number of hydrogen-bond donors (Lipinski definition) is 1. The summed E-state index contributed by atoms with van der Waals surface area (Å²) in [6.45, 7) is 7.19. The van der Waals surface area contributed by atoms with Crippen LogP contribution in [-0.4, -0.2) is 16.7 Å². The van der Waals surface area contributed by atoms with Gasteiger partial charge in [0.25, 0.3) is 0 Å². The molecule has 0 saturated heterocycles. The number of nitrogens with zero attached hydrogens (tertiary/aromatic N) is 2. The number of aromatic amines is 1. The zero-order valence-corrected chi connectivity index (χ0v) is 8.57. The Morgan fingerprint density at radius 3 is 2.75 bits per heavy atom. The molecule has 2 rings (SSSR count). The van der Waals surface area contributed by atoms with E-state index in [1.807, 2.05) is 0 Å². The average molecular weight is 215 g/mol. The Balaban J connectivity index is 2.30. The highest BCUT2D eigenvalue weighted by molar-refractivity contribution is 5.62. The monoisotopic (exact) mass is 215 g/mol. The molecule has 2 aromatic rings. The molecule has 1 aromatic carbocycles. The third-order valence-electron chi connectivity index (χ3n) is 2.34. The van der Waals surface area contributed by atoms with Crippen molar-refractivity contribution >= 4 is 0 Å². The van der Waals surface area contributed by atoms with Gasteiger partial charge in [0.05, 0.1) is 11.9 Å². The number of rotatable bonds is 3. The highest BCUT2D eigenvalue weighted by Crippen LogP contribution is 2.21. The van der Waals surface area contributed by atoms with Crippen molar-refractivity contribution in [3.8, 4) is 11.3 Å². The Labute approximate surface area is 92.7 Å². The largest absolute Gasteiger partial charge is 0.317 e.